The van der Waals surface area contributed by atoms with Crippen LogP contribution in [0.3, 0.4) is 0 Å². The van der Waals surface area contributed by atoms with Crippen LogP contribution in [0.5, 0.6) is 0 Å². The minimum atomic E-state index is -0.981. The Labute approximate surface area is 287 Å². The standard InChI is InChI=1S/2C17H35.C3H4O2.2Co.2O/c2*1-3-5-7-9-11-13-15-17-16-14-12-10-8-6-4-2;1-2-3(4)5;;;;/h2*1,3-17H2,2H3;2H,1H2,(H,4,5);;;;/q2*-1;-2;;;;. The summed E-state index contributed by atoms with van der Waals surface area (Å²) in [4.78, 5) is 9.25. The van der Waals surface area contributed by atoms with Crippen molar-refractivity contribution in [3.05, 3.63) is 27.2 Å². The zero-order chi connectivity index (χ0) is 33.5. The first kappa shape index (κ1) is 52.5. The van der Waals surface area contributed by atoms with Crippen LogP contribution in [0, 0.1) is 27.2 Å². The van der Waals surface area contributed by atoms with E-state index in [4.69, 9.17) is 12.8 Å². The summed E-state index contributed by atoms with van der Waals surface area (Å²) >= 11 is 4.62. The van der Waals surface area contributed by atoms with Crippen molar-refractivity contribution < 1.29 is 49.0 Å². The number of rotatable bonds is 29. The summed E-state index contributed by atoms with van der Waals surface area (Å²) in [6.07, 6.45) is 43.5. The van der Waals surface area contributed by atoms with E-state index in [0.29, 0.717) is 0 Å². The molecule has 0 aromatic rings. The van der Waals surface area contributed by atoms with Crippen molar-refractivity contribution in [3.63, 3.8) is 0 Å². The van der Waals surface area contributed by atoms with Crippen molar-refractivity contribution in [3.8, 4) is 0 Å². The van der Waals surface area contributed by atoms with Crippen molar-refractivity contribution >= 4 is 5.97 Å². The maximum atomic E-state index is 9.25. The van der Waals surface area contributed by atoms with Gasteiger partial charge in [0.25, 0.3) is 0 Å². The topological polar surface area (TPSA) is 71.4 Å². The number of hydrogen-bond acceptors (Lipinski definition) is 3. The van der Waals surface area contributed by atoms with Crippen LogP contribution in [0.4, 0.5) is 0 Å². The third-order valence-corrected chi connectivity index (χ3v) is 7.38. The third kappa shape index (κ3) is 74.6. The number of carboxylic acid groups (broad SMARTS) is 1. The Bertz CT molecular complexity index is 379. The summed E-state index contributed by atoms with van der Waals surface area (Å²) in [6, 6.07) is 0. The van der Waals surface area contributed by atoms with Crippen molar-refractivity contribution in [2.45, 2.75) is 206 Å². The summed E-state index contributed by atoms with van der Waals surface area (Å²) in [5, 5.41) is 7.60. The Hall–Kier alpha value is -0.0470. The molecule has 6 heteroatoms. The van der Waals surface area contributed by atoms with Gasteiger partial charge in [0, 0.05) is 0 Å². The number of unbranched alkanes of at least 4 members (excludes halogenated alkanes) is 28. The molecule has 1 N–H and O–H groups in total. The molecule has 0 amide bonds. The van der Waals surface area contributed by atoms with Gasteiger partial charge < -0.3 is 32.3 Å². The molecule has 0 aliphatic rings. The molecule has 43 heavy (non-hydrogen) atoms. The van der Waals surface area contributed by atoms with Gasteiger partial charge in [-0.15, -0.1) is 0 Å². The molecule has 0 aromatic heterocycles. The van der Waals surface area contributed by atoms with Gasteiger partial charge in [-0.2, -0.15) is 12.8 Å². The molecular weight excluding hydrogens is 626 g/mol. The fourth-order valence-corrected chi connectivity index (χ4v) is 4.74. The van der Waals surface area contributed by atoms with Crippen molar-refractivity contribution in [2.75, 3.05) is 0 Å². The second-order valence-electron chi connectivity index (χ2n) is 11.4. The number of aliphatic carboxylic acids is 1. The van der Waals surface area contributed by atoms with Crippen LogP contribution in [0.15, 0.2) is 0 Å². The molecule has 268 valence electrons. The second-order valence-corrected chi connectivity index (χ2v) is 11.4. The Balaban J connectivity index is -0.000000175. The molecule has 0 atom stereocenters. The molecule has 0 aliphatic carbocycles. The molecule has 0 spiro atoms. The van der Waals surface area contributed by atoms with E-state index >= 15 is 0 Å². The molecule has 0 bridgehead atoms. The molecule has 0 fully saturated rings. The van der Waals surface area contributed by atoms with Crippen molar-refractivity contribution in [1.29, 1.82) is 0 Å². The fraction of sp³-hybridized carbons (Fsp3) is 0.865. The Kier molecular flexibility index (Phi) is 74.5. The van der Waals surface area contributed by atoms with E-state index < -0.39 is 5.97 Å². The molecule has 0 heterocycles. The van der Waals surface area contributed by atoms with Crippen LogP contribution in [-0.4, -0.2) is 11.1 Å². The molecule has 0 radical (unpaired) electrons. The van der Waals surface area contributed by atoms with Gasteiger partial charge >= 0.3 is 39.1 Å². The Morgan fingerprint density at radius 3 is 0.698 bits per heavy atom. The van der Waals surface area contributed by atoms with Crippen LogP contribution in [-0.2, 0) is 43.9 Å². The van der Waals surface area contributed by atoms with Gasteiger partial charge in [0.05, 0.1) is 0 Å². The van der Waals surface area contributed by atoms with E-state index in [1.165, 1.54) is 180 Å². The van der Waals surface area contributed by atoms with Crippen LogP contribution in [0.25, 0.3) is 0 Å². The Morgan fingerprint density at radius 2 is 0.581 bits per heavy atom. The molecule has 0 saturated carbocycles. The average Bonchev–Trinajstić information content (AvgIpc) is 3.04. The minimum absolute atomic E-state index is 0.833. The quantitative estimate of drug-likeness (QED) is 0.0623. The van der Waals surface area contributed by atoms with Gasteiger partial charge in [0.15, 0.2) is 0 Å². The zero-order valence-corrected chi connectivity index (χ0v) is 30.8. The molecule has 0 rings (SSSR count). The molecule has 0 unspecified atom stereocenters. The predicted octanol–water partition coefficient (Wildman–Crippen LogP) is 13.3. The van der Waals surface area contributed by atoms with Gasteiger partial charge in [-0.3, -0.25) is 4.79 Å². The summed E-state index contributed by atoms with van der Waals surface area (Å²) in [7, 11) is 0. The fourth-order valence-electron chi connectivity index (χ4n) is 4.74. The monoisotopic (exact) mass is 700 g/mol. The molecular formula is C37H74Co2O4-4. The maximum absolute atomic E-state index is 9.25. The number of carboxylic acids is 1. The molecule has 0 aromatic carbocycles. The van der Waals surface area contributed by atoms with Crippen LogP contribution in [0.2, 0.25) is 0 Å². The van der Waals surface area contributed by atoms with E-state index in [9.17, 15) is 4.79 Å². The van der Waals surface area contributed by atoms with Crippen LogP contribution in [0.1, 0.15) is 206 Å². The number of carbonyl (C=O) groups is 1. The second kappa shape index (κ2) is 61.0. The van der Waals surface area contributed by atoms with Gasteiger partial charge in [-0.25, -0.2) is 0 Å². The van der Waals surface area contributed by atoms with Crippen LogP contribution >= 0.6 is 0 Å². The summed E-state index contributed by atoms with van der Waals surface area (Å²) < 4.78 is 15.9. The van der Waals surface area contributed by atoms with E-state index in [0.717, 1.165) is 19.3 Å². The van der Waals surface area contributed by atoms with Gasteiger partial charge in [-0.1, -0.05) is 194 Å². The van der Waals surface area contributed by atoms with Crippen molar-refractivity contribution in [1.82, 2.24) is 0 Å². The summed E-state index contributed by atoms with van der Waals surface area (Å²) in [5.74, 6) is -0.981. The Morgan fingerprint density at radius 1 is 0.442 bits per heavy atom. The van der Waals surface area contributed by atoms with Gasteiger partial charge in [-0.05, 0) is 0 Å². The first-order valence-electron chi connectivity index (χ1n) is 17.8. The average molecular weight is 701 g/mol. The van der Waals surface area contributed by atoms with Crippen molar-refractivity contribution in [2.24, 2.45) is 0 Å². The molecule has 0 saturated heterocycles. The zero-order valence-electron chi connectivity index (χ0n) is 28.8. The van der Waals surface area contributed by atoms with E-state index in [1.807, 2.05) is 0 Å². The van der Waals surface area contributed by atoms with E-state index in [-0.39, 0.29) is 0 Å². The first-order valence-corrected chi connectivity index (χ1v) is 18.7. The van der Waals surface area contributed by atoms with E-state index in [2.05, 4.69) is 66.0 Å². The van der Waals surface area contributed by atoms with Crippen LogP contribution < -0.4 is 0 Å². The van der Waals surface area contributed by atoms with Gasteiger partial charge in [0.1, 0.15) is 5.97 Å². The summed E-state index contributed by atoms with van der Waals surface area (Å²) in [5.41, 5.74) is 0. The first-order chi connectivity index (χ1) is 21.1. The normalized spacial score (nSPS) is 9.65. The predicted molar refractivity (Wildman–Crippen MR) is 179 cm³/mol. The third-order valence-electron chi connectivity index (χ3n) is 7.38. The van der Waals surface area contributed by atoms with E-state index in [1.54, 1.807) is 0 Å². The summed E-state index contributed by atoms with van der Waals surface area (Å²) in [6.45, 7) is 15.3. The SMILES string of the molecule is [CH2-]CCCCCCCCCCCCCCCC.[CH2-]CCCCCCCCCCCCCCCC.[CH2-][CH-]C(=O)O.[O]=[Co].[O]=[Co]. The van der Waals surface area contributed by atoms with Gasteiger partial charge in [0.2, 0.25) is 0 Å². The molecule has 0 aliphatic heterocycles. The number of hydrogen-bond donors (Lipinski definition) is 1. The molecule has 4 nitrogen and oxygen atoms in total.